The predicted octanol–water partition coefficient (Wildman–Crippen LogP) is 3.82. The third-order valence-corrected chi connectivity index (χ3v) is 3.58. The van der Waals surface area contributed by atoms with Crippen molar-refractivity contribution in [3.8, 4) is 5.75 Å². The molecule has 3 nitrogen and oxygen atoms in total. The third kappa shape index (κ3) is 2.35. The molecule has 0 bridgehead atoms. The van der Waals surface area contributed by atoms with Crippen molar-refractivity contribution in [2.45, 2.75) is 38.6 Å². The van der Waals surface area contributed by atoms with Gasteiger partial charge in [-0.25, -0.2) is 0 Å². The summed E-state index contributed by atoms with van der Waals surface area (Å²) >= 11 is 0. The van der Waals surface area contributed by atoms with Gasteiger partial charge in [-0.15, -0.1) is 0 Å². The zero-order chi connectivity index (χ0) is 13.2. The molecule has 1 N–H and O–H groups in total. The first-order valence-corrected chi connectivity index (χ1v) is 7.16. The summed E-state index contributed by atoms with van der Waals surface area (Å²) in [6.07, 6.45) is 3.58. The number of hydrogen-bond donors (Lipinski definition) is 1. The molecule has 1 aromatic carbocycles. The summed E-state index contributed by atoms with van der Waals surface area (Å²) < 4.78 is 11.9. The van der Waals surface area contributed by atoms with Gasteiger partial charge in [0, 0.05) is 10.9 Å². The van der Waals surface area contributed by atoms with E-state index >= 15 is 0 Å². The summed E-state index contributed by atoms with van der Waals surface area (Å²) in [4.78, 5) is 0. The zero-order valence-electron chi connectivity index (χ0n) is 11.7. The molecule has 3 rings (SSSR count). The van der Waals surface area contributed by atoms with Gasteiger partial charge >= 0.3 is 0 Å². The van der Waals surface area contributed by atoms with Crippen LogP contribution in [0.1, 0.15) is 43.4 Å². The van der Waals surface area contributed by atoms with E-state index in [9.17, 15) is 0 Å². The maximum absolute atomic E-state index is 6.08. The molecule has 19 heavy (non-hydrogen) atoms. The number of benzene rings is 1. The average Bonchev–Trinajstić information content (AvgIpc) is 3.18. The highest BCUT2D eigenvalue weighted by Gasteiger charge is 2.31. The van der Waals surface area contributed by atoms with Gasteiger partial charge in [-0.1, -0.05) is 19.1 Å². The molecule has 0 unspecified atom stereocenters. The van der Waals surface area contributed by atoms with E-state index in [1.165, 1.54) is 23.8 Å². The molecule has 1 heterocycles. The van der Waals surface area contributed by atoms with Gasteiger partial charge < -0.3 is 14.5 Å². The molecule has 1 aliphatic carbocycles. The monoisotopic (exact) mass is 259 g/mol. The lowest BCUT2D eigenvalue weighted by atomic mass is 10.1. The highest BCUT2D eigenvalue weighted by molar-refractivity contribution is 5.88. The molecule has 0 aliphatic heterocycles. The topological polar surface area (TPSA) is 34.4 Å². The summed E-state index contributed by atoms with van der Waals surface area (Å²) in [7, 11) is 1.96. The fourth-order valence-corrected chi connectivity index (χ4v) is 2.60. The molecule has 1 aliphatic rings. The SMILES string of the molecule is CCCOc1cccc2c(C3CC3)c(CNC)oc12. The fourth-order valence-electron chi connectivity index (χ4n) is 2.60. The van der Waals surface area contributed by atoms with E-state index in [1.54, 1.807) is 0 Å². The summed E-state index contributed by atoms with van der Waals surface area (Å²) in [5.41, 5.74) is 2.31. The van der Waals surface area contributed by atoms with Crippen LogP contribution in [0.5, 0.6) is 5.75 Å². The van der Waals surface area contributed by atoms with Crippen LogP contribution in [0.2, 0.25) is 0 Å². The normalized spacial score (nSPS) is 15.1. The second-order valence-corrected chi connectivity index (χ2v) is 5.22. The van der Waals surface area contributed by atoms with Crippen molar-refractivity contribution >= 4 is 11.0 Å². The Morgan fingerprint density at radius 2 is 2.21 bits per heavy atom. The number of furan rings is 1. The molecule has 0 saturated heterocycles. The Balaban J connectivity index is 2.07. The number of para-hydroxylation sites is 1. The molecule has 0 amide bonds. The maximum atomic E-state index is 6.08. The first-order valence-electron chi connectivity index (χ1n) is 7.16. The largest absolute Gasteiger partial charge is 0.490 e. The lowest BCUT2D eigenvalue weighted by Gasteiger charge is -2.04. The van der Waals surface area contributed by atoms with Crippen LogP contribution < -0.4 is 10.1 Å². The van der Waals surface area contributed by atoms with Gasteiger partial charge in [0.2, 0.25) is 0 Å². The van der Waals surface area contributed by atoms with Crippen LogP contribution in [0.4, 0.5) is 0 Å². The van der Waals surface area contributed by atoms with Crippen molar-refractivity contribution in [2.24, 2.45) is 0 Å². The minimum atomic E-state index is 0.686. The second kappa shape index (κ2) is 5.25. The molecular formula is C16H21NO2. The predicted molar refractivity (Wildman–Crippen MR) is 76.7 cm³/mol. The van der Waals surface area contributed by atoms with Crippen LogP contribution in [-0.4, -0.2) is 13.7 Å². The number of rotatable bonds is 6. The standard InChI is InChI=1S/C16H21NO2/c1-3-9-18-13-6-4-5-12-15(11-7-8-11)14(10-17-2)19-16(12)13/h4-6,11,17H,3,7-10H2,1-2H3. The first-order chi connectivity index (χ1) is 9.35. The Bertz CT molecular complexity index is 569. The van der Waals surface area contributed by atoms with E-state index < -0.39 is 0 Å². The first kappa shape index (κ1) is 12.5. The average molecular weight is 259 g/mol. The lowest BCUT2D eigenvalue weighted by Crippen LogP contribution is -2.05. The molecular weight excluding hydrogens is 238 g/mol. The van der Waals surface area contributed by atoms with E-state index in [2.05, 4.69) is 24.4 Å². The summed E-state index contributed by atoms with van der Waals surface area (Å²) in [6, 6.07) is 6.23. The molecule has 3 heteroatoms. The van der Waals surface area contributed by atoms with Gasteiger partial charge in [-0.3, -0.25) is 0 Å². The lowest BCUT2D eigenvalue weighted by molar-refractivity contribution is 0.315. The van der Waals surface area contributed by atoms with E-state index in [-0.39, 0.29) is 0 Å². The van der Waals surface area contributed by atoms with Crippen LogP contribution in [-0.2, 0) is 6.54 Å². The van der Waals surface area contributed by atoms with Crippen molar-refractivity contribution in [3.05, 3.63) is 29.5 Å². The molecule has 0 spiro atoms. The molecule has 1 saturated carbocycles. The van der Waals surface area contributed by atoms with Gasteiger partial charge in [-0.2, -0.15) is 0 Å². The number of nitrogens with one attached hydrogen (secondary N) is 1. The summed E-state index contributed by atoms with van der Waals surface area (Å²) in [5.74, 6) is 2.64. The zero-order valence-corrected chi connectivity index (χ0v) is 11.7. The van der Waals surface area contributed by atoms with E-state index in [0.717, 1.165) is 36.7 Å². The van der Waals surface area contributed by atoms with Crippen molar-refractivity contribution < 1.29 is 9.15 Å². The molecule has 2 aromatic rings. The van der Waals surface area contributed by atoms with Crippen molar-refractivity contribution in [1.29, 1.82) is 0 Å². The minimum absolute atomic E-state index is 0.686. The smallest absolute Gasteiger partial charge is 0.176 e. The fraction of sp³-hybridized carbons (Fsp3) is 0.500. The molecule has 1 fully saturated rings. The number of fused-ring (bicyclic) bond motifs is 1. The highest BCUT2D eigenvalue weighted by Crippen LogP contribution is 2.47. The third-order valence-electron chi connectivity index (χ3n) is 3.58. The summed E-state index contributed by atoms with van der Waals surface area (Å²) in [6.45, 7) is 3.64. The van der Waals surface area contributed by atoms with Crippen LogP contribution >= 0.6 is 0 Å². The van der Waals surface area contributed by atoms with Crippen molar-refractivity contribution in [1.82, 2.24) is 5.32 Å². The Morgan fingerprint density at radius 1 is 1.37 bits per heavy atom. The minimum Gasteiger partial charge on any atom is -0.490 e. The number of ether oxygens (including phenoxy) is 1. The Kier molecular flexibility index (Phi) is 3.47. The molecule has 102 valence electrons. The highest BCUT2D eigenvalue weighted by atomic mass is 16.5. The quantitative estimate of drug-likeness (QED) is 0.856. The van der Waals surface area contributed by atoms with Gasteiger partial charge in [0.1, 0.15) is 5.76 Å². The van der Waals surface area contributed by atoms with Gasteiger partial charge in [0.05, 0.1) is 13.2 Å². The van der Waals surface area contributed by atoms with Crippen molar-refractivity contribution in [2.75, 3.05) is 13.7 Å². The van der Waals surface area contributed by atoms with Crippen LogP contribution in [0.25, 0.3) is 11.0 Å². The second-order valence-electron chi connectivity index (χ2n) is 5.22. The molecule has 0 atom stereocenters. The van der Waals surface area contributed by atoms with Crippen LogP contribution in [0.15, 0.2) is 22.6 Å². The van der Waals surface area contributed by atoms with Gasteiger partial charge in [-0.05, 0) is 38.3 Å². The van der Waals surface area contributed by atoms with Crippen LogP contribution in [0.3, 0.4) is 0 Å². The van der Waals surface area contributed by atoms with E-state index in [4.69, 9.17) is 9.15 Å². The summed E-state index contributed by atoms with van der Waals surface area (Å²) in [5, 5.41) is 4.43. The molecule has 1 aromatic heterocycles. The van der Waals surface area contributed by atoms with Gasteiger partial charge in [0.25, 0.3) is 0 Å². The van der Waals surface area contributed by atoms with E-state index in [0.29, 0.717) is 5.92 Å². The Morgan fingerprint density at radius 3 is 2.89 bits per heavy atom. The van der Waals surface area contributed by atoms with Gasteiger partial charge in [0.15, 0.2) is 11.3 Å². The number of hydrogen-bond acceptors (Lipinski definition) is 3. The van der Waals surface area contributed by atoms with E-state index in [1.807, 2.05) is 13.1 Å². The van der Waals surface area contributed by atoms with Crippen molar-refractivity contribution in [3.63, 3.8) is 0 Å². The molecule has 0 radical (unpaired) electrons. The Hall–Kier alpha value is -1.48. The maximum Gasteiger partial charge on any atom is 0.176 e. The Labute approximate surface area is 113 Å². The van der Waals surface area contributed by atoms with Crippen LogP contribution in [0, 0.1) is 0 Å².